The number of hydrogen-bond acceptors (Lipinski definition) is 0. The normalized spacial score (nSPS) is 18.3. The quantitative estimate of drug-likeness (QED) is 0.587. The van der Waals surface area contributed by atoms with Crippen LogP contribution in [0.5, 0.6) is 0 Å². The van der Waals surface area contributed by atoms with Crippen LogP contribution in [0.2, 0.25) is 0 Å². The Morgan fingerprint density at radius 3 is 2.50 bits per heavy atom. The zero-order chi connectivity index (χ0) is 15.5. The summed E-state index contributed by atoms with van der Waals surface area (Å²) in [5.41, 5.74) is 2.68. The number of rotatable bonds is 1. The van der Waals surface area contributed by atoms with E-state index in [0.717, 1.165) is 29.0 Å². The molecule has 110 valence electrons. The van der Waals surface area contributed by atoms with Crippen molar-refractivity contribution in [2.75, 3.05) is 0 Å². The van der Waals surface area contributed by atoms with Gasteiger partial charge in [0.25, 0.3) is 0 Å². The van der Waals surface area contributed by atoms with Gasteiger partial charge in [0.2, 0.25) is 0 Å². The van der Waals surface area contributed by atoms with Crippen LogP contribution in [-0.4, -0.2) is 22.1 Å². The number of aromatic nitrogens is 1. The van der Waals surface area contributed by atoms with E-state index in [-0.39, 0.29) is 0 Å². The molecule has 0 saturated carbocycles. The summed E-state index contributed by atoms with van der Waals surface area (Å²) in [5, 5.41) is 0. The van der Waals surface area contributed by atoms with E-state index in [0.29, 0.717) is 11.4 Å². The van der Waals surface area contributed by atoms with Crippen LogP contribution < -0.4 is 0 Å². The zero-order valence-electron chi connectivity index (χ0n) is 11.2. The van der Waals surface area contributed by atoms with Crippen LogP contribution in [0.1, 0.15) is 11.3 Å². The summed E-state index contributed by atoms with van der Waals surface area (Å²) >= 11 is 7.08. The smallest absolute Gasteiger partial charge is 0.396 e. The highest BCUT2D eigenvalue weighted by Gasteiger charge is 2.51. The third-order valence-corrected chi connectivity index (χ3v) is 5.27. The Balaban J connectivity index is 2.12. The van der Waals surface area contributed by atoms with Crippen molar-refractivity contribution in [3.05, 3.63) is 74.6 Å². The molecule has 0 N–H and O–H groups in total. The molecule has 2 aliphatic rings. The van der Waals surface area contributed by atoms with Crippen LogP contribution in [0.3, 0.4) is 0 Å². The van der Waals surface area contributed by atoms with Crippen molar-refractivity contribution >= 4 is 50.6 Å². The molecule has 2 nitrogen and oxygen atoms in total. The van der Waals surface area contributed by atoms with Crippen molar-refractivity contribution in [3.8, 4) is 0 Å². The average molecular weight is 426 g/mol. The fourth-order valence-electron chi connectivity index (χ4n) is 3.01. The molecule has 2 aliphatic heterocycles. The van der Waals surface area contributed by atoms with Gasteiger partial charge in [0.05, 0.1) is 5.57 Å². The molecular weight excluding hydrogens is 417 g/mol. The topological polar surface area (TPSA) is 7.94 Å². The molecular formula is C15H9BBr2F2N2. The predicted octanol–water partition coefficient (Wildman–Crippen LogP) is 4.66. The summed E-state index contributed by atoms with van der Waals surface area (Å²) in [6.45, 7) is -3.85. The number of fused-ring (bicyclic) bond motifs is 2. The number of allylic oxidation sites excluding steroid dienone is 2. The van der Waals surface area contributed by atoms with Crippen LogP contribution in [0.25, 0.3) is 5.57 Å². The number of benzene rings is 1. The van der Waals surface area contributed by atoms with Gasteiger partial charge in [0, 0.05) is 32.4 Å². The van der Waals surface area contributed by atoms with E-state index in [4.69, 9.17) is 0 Å². The average Bonchev–Trinajstić information content (AvgIpc) is 3.11. The maximum atomic E-state index is 14.7. The van der Waals surface area contributed by atoms with Gasteiger partial charge in [0.15, 0.2) is 5.70 Å². The summed E-state index contributed by atoms with van der Waals surface area (Å²) in [4.78, 5) is 0. The van der Waals surface area contributed by atoms with Crippen LogP contribution in [-0.2, 0) is 0 Å². The number of halogens is 4. The molecule has 1 aromatic carbocycles. The largest absolute Gasteiger partial charge is 0.737 e. The second kappa shape index (κ2) is 4.76. The lowest BCUT2D eigenvalue weighted by atomic mass is 9.86. The monoisotopic (exact) mass is 424 g/mol. The molecule has 0 saturated heterocycles. The Bertz CT molecular complexity index is 876. The standard InChI is InChI=1S/C15H9BBr2F2N2/c17-10-4-1-5-11(18)14(10)15-12-6-2-8-21(12)16(19,20)22-9-3-7-13(15)22/h1-9H. The fraction of sp³-hybridized carbons (Fsp3) is 0. The highest BCUT2D eigenvalue weighted by molar-refractivity contribution is 9.11. The zero-order valence-corrected chi connectivity index (χ0v) is 14.4. The van der Waals surface area contributed by atoms with Gasteiger partial charge in [-0.3, -0.25) is 0 Å². The summed E-state index contributed by atoms with van der Waals surface area (Å²) in [6, 6.07) is 9.10. The van der Waals surface area contributed by atoms with Gasteiger partial charge in [-0.2, -0.15) is 0 Å². The molecule has 22 heavy (non-hydrogen) atoms. The summed E-state index contributed by atoms with van der Waals surface area (Å²) in [6.07, 6.45) is 6.25. The van der Waals surface area contributed by atoms with Crippen molar-refractivity contribution in [1.29, 1.82) is 0 Å². The van der Waals surface area contributed by atoms with E-state index in [2.05, 4.69) is 31.9 Å². The first kappa shape index (κ1) is 14.1. The van der Waals surface area contributed by atoms with Crippen LogP contribution >= 0.6 is 31.9 Å². The highest BCUT2D eigenvalue weighted by atomic mass is 79.9. The van der Waals surface area contributed by atoms with Crippen LogP contribution in [0.15, 0.2) is 63.3 Å². The Kier molecular flexibility index (Phi) is 3.06. The lowest BCUT2D eigenvalue weighted by Gasteiger charge is -2.31. The molecule has 0 fully saturated rings. The maximum Gasteiger partial charge on any atom is 0.737 e. The lowest BCUT2D eigenvalue weighted by molar-refractivity contribution is -0.356. The van der Waals surface area contributed by atoms with Gasteiger partial charge in [-0.15, -0.1) is 0 Å². The van der Waals surface area contributed by atoms with Gasteiger partial charge in [-0.1, -0.05) is 37.9 Å². The van der Waals surface area contributed by atoms with E-state index < -0.39 is 6.97 Å². The van der Waals surface area contributed by atoms with Crippen LogP contribution in [0.4, 0.5) is 8.63 Å². The lowest BCUT2D eigenvalue weighted by Crippen LogP contribution is -2.49. The molecule has 0 aliphatic carbocycles. The molecule has 4 rings (SSSR count). The van der Waals surface area contributed by atoms with Crippen molar-refractivity contribution in [3.63, 3.8) is 0 Å². The van der Waals surface area contributed by atoms with Gasteiger partial charge in [-0.05, 0) is 30.5 Å². The highest BCUT2D eigenvalue weighted by Crippen LogP contribution is 2.43. The van der Waals surface area contributed by atoms with E-state index in [1.807, 2.05) is 18.2 Å². The molecule has 2 aromatic rings. The van der Waals surface area contributed by atoms with E-state index in [1.54, 1.807) is 24.3 Å². The minimum atomic E-state index is -3.85. The van der Waals surface area contributed by atoms with Crippen molar-refractivity contribution in [2.24, 2.45) is 0 Å². The van der Waals surface area contributed by atoms with E-state index in [1.165, 1.54) is 12.4 Å². The second-order valence-corrected chi connectivity index (χ2v) is 6.87. The molecule has 0 bridgehead atoms. The molecule has 7 heteroatoms. The first-order valence-electron chi connectivity index (χ1n) is 6.70. The molecule has 0 spiro atoms. The first-order chi connectivity index (χ1) is 10.5. The molecule has 0 unspecified atom stereocenters. The Hall–Kier alpha value is -1.47. The minimum absolute atomic E-state index is 0.517. The molecule has 0 atom stereocenters. The Morgan fingerprint density at radius 1 is 1.05 bits per heavy atom. The SMILES string of the molecule is F[B-]1(F)n2cccc2C(c2c(Br)cccc2Br)=C2C=CC=[N+]21. The Morgan fingerprint density at radius 2 is 1.77 bits per heavy atom. The van der Waals surface area contributed by atoms with Gasteiger partial charge >= 0.3 is 6.97 Å². The van der Waals surface area contributed by atoms with Gasteiger partial charge in [0.1, 0.15) is 6.21 Å². The predicted molar refractivity (Wildman–Crippen MR) is 91.1 cm³/mol. The number of nitrogens with zero attached hydrogens (tertiary/aromatic N) is 2. The molecule has 0 amide bonds. The molecule has 3 heterocycles. The fourth-order valence-corrected chi connectivity index (χ4v) is 4.41. The summed E-state index contributed by atoms with van der Waals surface area (Å²) in [5.74, 6) is 0. The first-order valence-corrected chi connectivity index (χ1v) is 8.29. The number of hydrogen-bond donors (Lipinski definition) is 0. The van der Waals surface area contributed by atoms with Crippen molar-refractivity contribution in [2.45, 2.75) is 0 Å². The Labute approximate surface area is 142 Å². The van der Waals surface area contributed by atoms with E-state index in [9.17, 15) is 8.63 Å². The summed E-state index contributed by atoms with van der Waals surface area (Å²) in [7, 11) is 0. The summed E-state index contributed by atoms with van der Waals surface area (Å²) < 4.78 is 33.2. The second-order valence-electron chi connectivity index (χ2n) is 5.16. The minimum Gasteiger partial charge on any atom is -0.396 e. The third-order valence-electron chi connectivity index (χ3n) is 3.95. The van der Waals surface area contributed by atoms with Crippen molar-refractivity contribution in [1.82, 2.24) is 4.48 Å². The maximum absolute atomic E-state index is 14.7. The van der Waals surface area contributed by atoms with Gasteiger partial charge in [-0.25, -0.2) is 0 Å². The van der Waals surface area contributed by atoms with E-state index >= 15 is 0 Å². The van der Waals surface area contributed by atoms with Crippen LogP contribution in [0, 0.1) is 0 Å². The molecule has 0 radical (unpaired) electrons. The molecule has 1 aromatic heterocycles. The third kappa shape index (κ3) is 1.78. The van der Waals surface area contributed by atoms with Gasteiger partial charge < -0.3 is 17.6 Å². The van der Waals surface area contributed by atoms with Crippen molar-refractivity contribution < 1.29 is 13.1 Å².